The number of amides is 1. The zero-order valence-electron chi connectivity index (χ0n) is 11.9. The zero-order valence-corrected chi connectivity index (χ0v) is 12.7. The molecule has 1 aromatic rings. The molecule has 0 unspecified atom stereocenters. The van der Waals surface area contributed by atoms with E-state index in [2.05, 4.69) is 15.6 Å². The topological polar surface area (TPSA) is 110 Å². The Bertz CT molecular complexity index is 462. The van der Waals surface area contributed by atoms with Gasteiger partial charge in [-0.2, -0.15) is 0 Å². The van der Waals surface area contributed by atoms with Crippen LogP contribution in [0.5, 0.6) is 0 Å². The highest BCUT2D eigenvalue weighted by Gasteiger charge is 2.21. The van der Waals surface area contributed by atoms with Crippen LogP contribution in [0, 0.1) is 0 Å². The molecule has 8 heteroatoms. The maximum atomic E-state index is 12.0. The molecule has 0 saturated heterocycles. The van der Waals surface area contributed by atoms with Gasteiger partial charge in [-0.1, -0.05) is 11.3 Å². The van der Waals surface area contributed by atoms with Crippen LogP contribution in [0.25, 0.3) is 0 Å². The van der Waals surface area contributed by atoms with Gasteiger partial charge in [0.25, 0.3) is 5.91 Å². The van der Waals surface area contributed by atoms with Crippen LogP contribution in [0.2, 0.25) is 0 Å². The number of nitrogens with zero attached hydrogens (tertiary/aromatic N) is 1. The van der Waals surface area contributed by atoms with Gasteiger partial charge in [0, 0.05) is 19.2 Å². The number of nitrogens with two attached hydrogens (primary N) is 1. The first-order valence-electron chi connectivity index (χ1n) is 7.20. The quantitative estimate of drug-likeness (QED) is 0.502. The number of carbonyl (C=O) groups is 1. The number of nitrogen functional groups attached to an aromatic ring is 1. The molecule has 1 aliphatic carbocycles. The van der Waals surface area contributed by atoms with Gasteiger partial charge in [0.15, 0.2) is 5.13 Å². The summed E-state index contributed by atoms with van der Waals surface area (Å²) < 4.78 is 5.11. The van der Waals surface area contributed by atoms with Crippen LogP contribution >= 0.6 is 11.3 Å². The summed E-state index contributed by atoms with van der Waals surface area (Å²) in [5.41, 5.74) is 5.79. The number of aromatic nitrogens is 1. The maximum Gasteiger partial charge on any atom is 0.265 e. The second kappa shape index (κ2) is 8.16. The lowest BCUT2D eigenvalue weighted by Crippen LogP contribution is -2.26. The van der Waals surface area contributed by atoms with E-state index < -0.39 is 0 Å². The first-order chi connectivity index (χ1) is 10.2. The van der Waals surface area contributed by atoms with Crippen LogP contribution in [0.1, 0.15) is 35.4 Å². The van der Waals surface area contributed by atoms with E-state index in [-0.39, 0.29) is 18.3 Å². The smallest absolute Gasteiger partial charge is 0.265 e. The number of aliphatic hydroxyl groups is 1. The van der Waals surface area contributed by atoms with Gasteiger partial charge in [0.1, 0.15) is 10.7 Å². The van der Waals surface area contributed by atoms with Gasteiger partial charge in [0.05, 0.1) is 13.2 Å². The number of anilines is 2. The summed E-state index contributed by atoms with van der Waals surface area (Å²) in [6.07, 6.45) is 4.23. The minimum absolute atomic E-state index is 0.0144. The average Bonchev–Trinajstić information content (AvgIpc) is 2.79. The Hall–Kier alpha value is -1.38. The van der Waals surface area contributed by atoms with Gasteiger partial charge >= 0.3 is 0 Å². The van der Waals surface area contributed by atoms with Gasteiger partial charge in [-0.15, -0.1) is 0 Å². The lowest BCUT2D eigenvalue weighted by atomic mass is 9.93. The molecule has 1 fully saturated rings. The number of thiazole rings is 1. The second-order valence-corrected chi connectivity index (χ2v) is 5.95. The summed E-state index contributed by atoms with van der Waals surface area (Å²) in [7, 11) is 0. The summed E-state index contributed by atoms with van der Waals surface area (Å²) in [6.45, 7) is 1.35. The van der Waals surface area contributed by atoms with E-state index in [0.717, 1.165) is 12.8 Å². The van der Waals surface area contributed by atoms with Crippen molar-refractivity contribution in [1.82, 2.24) is 10.3 Å². The van der Waals surface area contributed by atoms with Crippen LogP contribution in [-0.2, 0) is 4.74 Å². The van der Waals surface area contributed by atoms with Crippen LogP contribution in [0.3, 0.4) is 0 Å². The summed E-state index contributed by atoms with van der Waals surface area (Å²) >= 11 is 1.29. The predicted molar refractivity (Wildman–Crippen MR) is 82.6 cm³/mol. The van der Waals surface area contributed by atoms with Gasteiger partial charge in [-0.25, -0.2) is 4.98 Å². The molecule has 0 radical (unpaired) electrons. The van der Waals surface area contributed by atoms with Gasteiger partial charge in [0.2, 0.25) is 0 Å². The predicted octanol–water partition coefficient (Wildman–Crippen LogP) is 0.819. The number of hydrogen-bond acceptors (Lipinski definition) is 7. The first-order valence-corrected chi connectivity index (χ1v) is 8.02. The third-order valence-electron chi connectivity index (χ3n) is 3.28. The van der Waals surface area contributed by atoms with Crippen LogP contribution < -0.4 is 16.4 Å². The number of hydrogen-bond donors (Lipinski definition) is 4. The Morgan fingerprint density at radius 2 is 2.29 bits per heavy atom. The van der Waals surface area contributed by atoms with Crippen molar-refractivity contribution >= 4 is 28.2 Å². The van der Waals surface area contributed by atoms with Crippen LogP contribution in [0.15, 0.2) is 0 Å². The summed E-state index contributed by atoms with van der Waals surface area (Å²) in [4.78, 5) is 16.7. The number of rotatable bonds is 9. The van der Waals surface area contributed by atoms with E-state index in [1.807, 2.05) is 0 Å². The Morgan fingerprint density at radius 3 is 2.95 bits per heavy atom. The maximum absolute atomic E-state index is 12.0. The molecule has 118 valence electrons. The molecule has 2 rings (SSSR count). The summed E-state index contributed by atoms with van der Waals surface area (Å²) in [5.74, 6) is 0.0738. The molecule has 0 aliphatic heterocycles. The Labute approximate surface area is 127 Å². The van der Waals surface area contributed by atoms with Crippen LogP contribution in [-0.4, -0.2) is 48.4 Å². The molecule has 0 aromatic carbocycles. The highest BCUT2D eigenvalue weighted by molar-refractivity contribution is 7.18. The lowest BCUT2D eigenvalue weighted by molar-refractivity contribution is 0.0869. The molecular weight excluding hydrogens is 292 g/mol. The molecule has 1 aromatic heterocycles. The lowest BCUT2D eigenvalue weighted by Gasteiger charge is -2.25. The van der Waals surface area contributed by atoms with E-state index in [1.165, 1.54) is 17.8 Å². The second-order valence-electron chi connectivity index (χ2n) is 4.95. The molecule has 1 amide bonds. The van der Waals surface area contributed by atoms with Gasteiger partial charge in [-0.05, 0) is 25.7 Å². The third kappa shape index (κ3) is 4.83. The molecule has 1 heterocycles. The van der Waals surface area contributed by atoms with Crippen molar-refractivity contribution in [2.75, 3.05) is 37.4 Å². The molecule has 7 nitrogen and oxygen atoms in total. The minimum Gasteiger partial charge on any atom is -0.394 e. The monoisotopic (exact) mass is 314 g/mol. The van der Waals surface area contributed by atoms with Crippen molar-refractivity contribution in [2.24, 2.45) is 0 Å². The Balaban J connectivity index is 1.73. The molecule has 5 N–H and O–H groups in total. The van der Waals surface area contributed by atoms with Crippen molar-refractivity contribution in [2.45, 2.75) is 31.7 Å². The number of carbonyl (C=O) groups excluding carboxylic acids is 1. The van der Waals surface area contributed by atoms with Gasteiger partial charge in [-0.3, -0.25) is 4.79 Å². The van der Waals surface area contributed by atoms with E-state index >= 15 is 0 Å². The highest BCUT2D eigenvalue weighted by Crippen LogP contribution is 2.29. The molecule has 21 heavy (non-hydrogen) atoms. The fourth-order valence-electron chi connectivity index (χ4n) is 1.91. The molecule has 0 bridgehead atoms. The number of aliphatic hydroxyl groups excluding tert-OH is 1. The van der Waals surface area contributed by atoms with Crippen molar-refractivity contribution in [1.29, 1.82) is 0 Å². The summed E-state index contributed by atoms with van der Waals surface area (Å²) in [6, 6.07) is 0.468. The molecule has 1 aliphatic rings. The Kier molecular flexibility index (Phi) is 6.21. The van der Waals surface area contributed by atoms with Gasteiger partial charge < -0.3 is 26.2 Å². The van der Waals surface area contributed by atoms with Crippen LogP contribution in [0.4, 0.5) is 10.9 Å². The van der Waals surface area contributed by atoms with E-state index in [4.69, 9.17) is 15.6 Å². The fourth-order valence-corrected chi connectivity index (χ4v) is 2.78. The van der Waals surface area contributed by atoms with E-state index in [9.17, 15) is 4.79 Å². The Morgan fingerprint density at radius 1 is 1.48 bits per heavy atom. The highest BCUT2D eigenvalue weighted by atomic mass is 32.1. The summed E-state index contributed by atoms with van der Waals surface area (Å²) in [5, 5.41) is 15.4. The molecular formula is C13H22N4O3S. The van der Waals surface area contributed by atoms with Crippen molar-refractivity contribution in [3.05, 3.63) is 4.88 Å². The van der Waals surface area contributed by atoms with Crippen molar-refractivity contribution < 1.29 is 14.6 Å². The number of ether oxygens (including phenoxy) is 1. The van der Waals surface area contributed by atoms with E-state index in [0.29, 0.717) is 42.2 Å². The molecule has 0 spiro atoms. The van der Waals surface area contributed by atoms with Crippen molar-refractivity contribution in [3.8, 4) is 0 Å². The third-order valence-corrected chi connectivity index (χ3v) is 4.28. The SMILES string of the molecule is Nc1nc(NC2CCC2)sc1C(=O)NCCCOCCO. The minimum atomic E-state index is -0.200. The number of nitrogens with one attached hydrogen (secondary N) is 2. The zero-order chi connectivity index (χ0) is 15.1. The standard InChI is InChI=1S/C13H22N4O3S/c14-11-10(12(19)15-5-2-7-20-8-6-18)21-13(17-11)16-9-3-1-4-9/h9,18H,1-8,14H2,(H,15,19)(H,16,17). The largest absolute Gasteiger partial charge is 0.394 e. The normalized spacial score (nSPS) is 14.7. The molecule has 1 saturated carbocycles. The van der Waals surface area contributed by atoms with E-state index in [1.54, 1.807) is 0 Å². The fraction of sp³-hybridized carbons (Fsp3) is 0.692. The molecule has 0 atom stereocenters. The first kappa shape index (κ1) is 16.0. The van der Waals surface area contributed by atoms with Crippen molar-refractivity contribution in [3.63, 3.8) is 0 Å². The average molecular weight is 314 g/mol.